The molecule has 0 atom stereocenters. The molecule has 0 fully saturated rings. The van der Waals surface area contributed by atoms with Crippen molar-refractivity contribution in [2.75, 3.05) is 7.11 Å². The van der Waals surface area contributed by atoms with E-state index in [1.807, 2.05) is 6.92 Å². The van der Waals surface area contributed by atoms with Crippen molar-refractivity contribution in [1.82, 2.24) is 25.7 Å². The minimum Gasteiger partial charge on any atom is -0.280 e. The lowest BCUT2D eigenvalue weighted by atomic mass is 10.3. The molecule has 78 valence electrons. The molecule has 0 aliphatic carbocycles. The van der Waals surface area contributed by atoms with Crippen molar-refractivity contribution in [3.63, 3.8) is 0 Å². The zero-order chi connectivity index (χ0) is 10.6. The Balaban J connectivity index is 3.07. The number of allylic oxidation sites excluding steroid dienone is 2. The Morgan fingerprint density at radius 3 is 2.86 bits per heavy atom. The summed E-state index contributed by atoms with van der Waals surface area (Å²) < 4.78 is 1.17. The monoisotopic (exact) mass is 199 g/mol. The number of nitrogens with one attached hydrogen (secondary N) is 2. The maximum Gasteiger partial charge on any atom is 0.365 e. The van der Waals surface area contributed by atoms with Crippen molar-refractivity contribution in [2.45, 2.75) is 20.3 Å². The van der Waals surface area contributed by atoms with Gasteiger partial charge in [-0.2, -0.15) is 4.68 Å². The van der Waals surface area contributed by atoms with Gasteiger partial charge in [0.15, 0.2) is 0 Å². The van der Waals surface area contributed by atoms with Crippen LogP contribution in [-0.4, -0.2) is 27.3 Å². The van der Waals surface area contributed by atoms with E-state index < -0.39 is 0 Å². The molecule has 7 nitrogen and oxygen atoms in total. The van der Waals surface area contributed by atoms with Gasteiger partial charge >= 0.3 is 5.69 Å². The van der Waals surface area contributed by atoms with E-state index in [1.165, 1.54) is 11.8 Å². The Hall–Kier alpha value is -1.63. The van der Waals surface area contributed by atoms with Crippen LogP contribution in [-0.2, 0) is 4.84 Å². The van der Waals surface area contributed by atoms with Gasteiger partial charge in [0.1, 0.15) is 0 Å². The molecule has 1 rings (SSSR count). The van der Waals surface area contributed by atoms with E-state index in [4.69, 9.17) is 4.84 Å². The summed E-state index contributed by atoms with van der Waals surface area (Å²) in [5.41, 5.74) is 3.76. The van der Waals surface area contributed by atoms with E-state index in [2.05, 4.69) is 21.0 Å². The third kappa shape index (κ3) is 1.99. The van der Waals surface area contributed by atoms with Gasteiger partial charge < -0.3 is 0 Å². The number of hydrogen-bond acceptors (Lipinski definition) is 5. The fourth-order valence-corrected chi connectivity index (χ4v) is 1.07. The van der Waals surface area contributed by atoms with Crippen LogP contribution in [0.25, 0.3) is 5.70 Å². The number of tetrazole rings is 1. The Bertz CT molecular complexity index is 377. The largest absolute Gasteiger partial charge is 0.365 e. The van der Waals surface area contributed by atoms with E-state index in [0.717, 1.165) is 5.70 Å². The summed E-state index contributed by atoms with van der Waals surface area (Å²) >= 11 is 0. The summed E-state index contributed by atoms with van der Waals surface area (Å²) in [4.78, 5) is 15.9. The first-order valence-corrected chi connectivity index (χ1v) is 4.20. The number of aromatic nitrogens is 4. The van der Waals surface area contributed by atoms with Gasteiger partial charge in [-0.1, -0.05) is 6.92 Å². The van der Waals surface area contributed by atoms with Gasteiger partial charge in [0.25, 0.3) is 0 Å². The first-order valence-electron chi connectivity index (χ1n) is 4.20. The maximum atomic E-state index is 11.2. The Morgan fingerprint density at radius 2 is 2.43 bits per heavy atom. The predicted octanol–water partition coefficient (Wildman–Crippen LogP) is -0.284. The van der Waals surface area contributed by atoms with Crippen molar-refractivity contribution in [3.05, 3.63) is 16.2 Å². The molecule has 0 aliphatic heterocycles. The molecule has 0 saturated carbocycles. The molecule has 1 heterocycles. The van der Waals surface area contributed by atoms with Crippen LogP contribution >= 0.6 is 0 Å². The van der Waals surface area contributed by atoms with Crippen LogP contribution in [0.2, 0.25) is 0 Å². The lowest BCUT2D eigenvalue weighted by molar-refractivity contribution is 0.115. The maximum absolute atomic E-state index is 11.2. The van der Waals surface area contributed by atoms with Crippen LogP contribution in [0.1, 0.15) is 20.3 Å². The molecule has 1 aromatic heterocycles. The van der Waals surface area contributed by atoms with Gasteiger partial charge in [0.05, 0.1) is 18.5 Å². The van der Waals surface area contributed by atoms with Gasteiger partial charge in [-0.3, -0.25) is 10.3 Å². The predicted molar refractivity (Wildman–Crippen MR) is 50.0 cm³/mol. The minimum atomic E-state index is -0.369. The van der Waals surface area contributed by atoms with Gasteiger partial charge in [0, 0.05) is 0 Å². The van der Waals surface area contributed by atoms with Gasteiger partial charge in [-0.15, -0.1) is 0 Å². The molecule has 1 aromatic rings. The van der Waals surface area contributed by atoms with Crippen LogP contribution < -0.4 is 11.2 Å². The topological polar surface area (TPSA) is 84.8 Å². The molecule has 0 spiro atoms. The molecule has 2 N–H and O–H groups in total. The normalized spacial score (nSPS) is 12.5. The molecule has 0 aromatic carbocycles. The Morgan fingerprint density at radius 1 is 1.71 bits per heavy atom. The van der Waals surface area contributed by atoms with Crippen LogP contribution in [0, 0.1) is 0 Å². The lowest BCUT2D eigenvalue weighted by Gasteiger charge is -2.09. The number of nitrogens with zero attached hydrogens (tertiary/aromatic N) is 3. The first kappa shape index (κ1) is 10.5. The molecule has 0 saturated heterocycles. The summed E-state index contributed by atoms with van der Waals surface area (Å²) in [5, 5.41) is 9.22. The third-order valence-electron chi connectivity index (χ3n) is 1.81. The van der Waals surface area contributed by atoms with Crippen molar-refractivity contribution >= 4 is 5.70 Å². The van der Waals surface area contributed by atoms with Crippen molar-refractivity contribution in [1.29, 1.82) is 0 Å². The van der Waals surface area contributed by atoms with Crippen molar-refractivity contribution in [2.24, 2.45) is 0 Å². The second-order valence-electron chi connectivity index (χ2n) is 2.64. The van der Waals surface area contributed by atoms with E-state index >= 15 is 0 Å². The molecule has 0 radical (unpaired) electrons. The lowest BCUT2D eigenvalue weighted by Crippen LogP contribution is -2.21. The number of hydrogen-bond donors (Lipinski definition) is 2. The van der Waals surface area contributed by atoms with E-state index in [9.17, 15) is 4.79 Å². The smallest absolute Gasteiger partial charge is 0.280 e. The summed E-state index contributed by atoms with van der Waals surface area (Å²) in [7, 11) is 1.51. The fourth-order valence-electron chi connectivity index (χ4n) is 1.07. The molecule has 0 bridgehead atoms. The van der Waals surface area contributed by atoms with Crippen LogP contribution in [0.5, 0.6) is 0 Å². The highest BCUT2D eigenvalue weighted by Crippen LogP contribution is 2.06. The SMILES string of the molecule is CCC(NOC)=C(C)n1nn[nH]c1=O. The Labute approximate surface area is 80.7 Å². The van der Waals surface area contributed by atoms with E-state index in [-0.39, 0.29) is 5.69 Å². The number of H-pyrrole nitrogens is 1. The fraction of sp³-hybridized carbons (Fsp3) is 0.571. The molecule has 0 amide bonds. The highest BCUT2D eigenvalue weighted by atomic mass is 16.6. The second-order valence-corrected chi connectivity index (χ2v) is 2.64. The van der Waals surface area contributed by atoms with E-state index in [0.29, 0.717) is 12.1 Å². The molecular weight excluding hydrogens is 186 g/mol. The zero-order valence-electron chi connectivity index (χ0n) is 8.37. The highest BCUT2D eigenvalue weighted by molar-refractivity contribution is 5.44. The second kappa shape index (κ2) is 4.56. The minimum absolute atomic E-state index is 0.369. The molecular formula is C7H13N5O2. The molecule has 14 heavy (non-hydrogen) atoms. The zero-order valence-corrected chi connectivity index (χ0v) is 8.37. The average Bonchev–Trinajstić information content (AvgIpc) is 2.59. The quantitative estimate of drug-likeness (QED) is 0.651. The van der Waals surface area contributed by atoms with Crippen LogP contribution in [0.3, 0.4) is 0 Å². The highest BCUT2D eigenvalue weighted by Gasteiger charge is 2.06. The average molecular weight is 199 g/mol. The van der Waals surface area contributed by atoms with Crippen molar-refractivity contribution in [3.8, 4) is 0 Å². The number of aromatic amines is 1. The molecule has 0 unspecified atom stereocenters. The first-order chi connectivity index (χ1) is 6.70. The van der Waals surface area contributed by atoms with Gasteiger partial charge in [0.2, 0.25) is 0 Å². The van der Waals surface area contributed by atoms with Crippen LogP contribution in [0.4, 0.5) is 0 Å². The van der Waals surface area contributed by atoms with Crippen molar-refractivity contribution < 1.29 is 4.84 Å². The summed E-state index contributed by atoms with van der Waals surface area (Å²) in [6.07, 6.45) is 0.707. The molecule has 7 heteroatoms. The summed E-state index contributed by atoms with van der Waals surface area (Å²) in [6, 6.07) is 0. The standard InChI is InChI=1S/C7H13N5O2/c1-4-6(9-14-3)5(2)12-7(13)8-10-11-12/h9H,4H2,1-3H3,(H,8,11,13). The number of hydroxylamine groups is 1. The molecule has 0 aliphatic rings. The van der Waals surface area contributed by atoms with Crippen LogP contribution in [0.15, 0.2) is 10.5 Å². The Kier molecular flexibility index (Phi) is 3.41. The summed E-state index contributed by atoms with van der Waals surface area (Å²) in [6.45, 7) is 3.70. The third-order valence-corrected chi connectivity index (χ3v) is 1.81. The van der Waals surface area contributed by atoms with E-state index in [1.54, 1.807) is 6.92 Å². The summed E-state index contributed by atoms with van der Waals surface area (Å²) in [5.74, 6) is 0. The number of rotatable bonds is 4. The van der Waals surface area contributed by atoms with Gasteiger partial charge in [-0.05, 0) is 23.8 Å². The van der Waals surface area contributed by atoms with Gasteiger partial charge in [-0.25, -0.2) is 9.89 Å².